The molecule has 9 nitrogen and oxygen atoms in total. The Balaban J connectivity index is 1.55. The Morgan fingerprint density at radius 2 is 1.68 bits per heavy atom. The van der Waals surface area contributed by atoms with Gasteiger partial charge in [0.1, 0.15) is 6.54 Å². The van der Waals surface area contributed by atoms with Gasteiger partial charge in [-0.15, -0.1) is 0 Å². The molecule has 0 aromatic heterocycles. The number of rotatable bonds is 8. The average Bonchev–Trinajstić information content (AvgIpc) is 3.07. The molecule has 0 radical (unpaired) electrons. The molecule has 0 aliphatic carbocycles. The van der Waals surface area contributed by atoms with Crippen molar-refractivity contribution in [1.29, 1.82) is 0 Å². The van der Waals surface area contributed by atoms with E-state index in [1.54, 1.807) is 31.2 Å². The van der Waals surface area contributed by atoms with Gasteiger partial charge in [0.25, 0.3) is 17.1 Å². The van der Waals surface area contributed by atoms with Crippen molar-refractivity contribution in [2.75, 3.05) is 25.1 Å². The number of nitrogens with zero attached hydrogens (tertiary/aromatic N) is 1. The first-order chi connectivity index (χ1) is 16.3. The summed E-state index contributed by atoms with van der Waals surface area (Å²) in [7, 11) is 0. The van der Waals surface area contributed by atoms with Crippen LogP contribution in [0.5, 0.6) is 0 Å². The smallest absolute Gasteiger partial charge is 0.338 e. The molecule has 10 heteroatoms. The molecular weight excluding hydrogens is 460 g/mol. The standard InChI is InChI=1S/C24H22N2O7S/c1-3-32-21(28)13-26-22(29)19(34-24(26)31)12-16-6-8-17(9-7-16)23(30)33-14-20(27)25-18-10-4-15(2)5-11-18/h4-12H,3,13-14H2,1-2H3,(H,25,27)/b19-12-. The molecule has 0 atom stereocenters. The quantitative estimate of drug-likeness (QED) is 0.449. The maximum Gasteiger partial charge on any atom is 0.338 e. The van der Waals surface area contributed by atoms with Crippen molar-refractivity contribution in [2.45, 2.75) is 13.8 Å². The van der Waals surface area contributed by atoms with Crippen LogP contribution >= 0.6 is 11.8 Å². The third kappa shape index (κ3) is 6.55. The fraction of sp³-hybridized carbons (Fsp3) is 0.208. The van der Waals surface area contributed by atoms with Crippen molar-refractivity contribution in [3.05, 3.63) is 70.1 Å². The topological polar surface area (TPSA) is 119 Å². The number of carbonyl (C=O) groups excluding carboxylic acids is 5. The van der Waals surface area contributed by atoms with Crippen molar-refractivity contribution in [2.24, 2.45) is 0 Å². The number of ether oxygens (including phenoxy) is 2. The Morgan fingerprint density at radius 3 is 2.32 bits per heavy atom. The molecule has 1 saturated heterocycles. The van der Waals surface area contributed by atoms with Crippen LogP contribution in [0, 0.1) is 6.92 Å². The first-order valence-corrected chi connectivity index (χ1v) is 11.1. The minimum Gasteiger partial charge on any atom is -0.465 e. The van der Waals surface area contributed by atoms with Crippen molar-refractivity contribution in [3.8, 4) is 0 Å². The predicted molar refractivity (Wildman–Crippen MR) is 126 cm³/mol. The number of aryl methyl sites for hydroxylation is 1. The maximum atomic E-state index is 12.4. The molecule has 1 fully saturated rings. The molecule has 1 aliphatic rings. The predicted octanol–water partition coefficient (Wildman–Crippen LogP) is 3.39. The number of nitrogens with one attached hydrogen (secondary N) is 1. The summed E-state index contributed by atoms with van der Waals surface area (Å²) in [5, 5.41) is 2.08. The van der Waals surface area contributed by atoms with Gasteiger partial charge in [-0.25, -0.2) is 4.79 Å². The molecule has 0 saturated carbocycles. The van der Waals surface area contributed by atoms with Gasteiger partial charge in [-0.1, -0.05) is 29.8 Å². The van der Waals surface area contributed by atoms with Gasteiger partial charge < -0.3 is 14.8 Å². The summed E-state index contributed by atoms with van der Waals surface area (Å²) in [6, 6.07) is 13.3. The lowest BCUT2D eigenvalue weighted by molar-refractivity contribution is -0.146. The van der Waals surface area contributed by atoms with Gasteiger partial charge in [0.05, 0.1) is 17.1 Å². The van der Waals surface area contributed by atoms with Gasteiger partial charge in [0.15, 0.2) is 6.61 Å². The minimum absolute atomic E-state index is 0.150. The zero-order chi connectivity index (χ0) is 24.7. The van der Waals surface area contributed by atoms with Gasteiger partial charge in [0.2, 0.25) is 0 Å². The van der Waals surface area contributed by atoms with Crippen LogP contribution in [-0.2, 0) is 23.9 Å². The zero-order valence-electron chi connectivity index (χ0n) is 18.5. The van der Waals surface area contributed by atoms with Crippen LogP contribution < -0.4 is 5.32 Å². The van der Waals surface area contributed by atoms with Crippen LogP contribution in [0.3, 0.4) is 0 Å². The Morgan fingerprint density at radius 1 is 1.00 bits per heavy atom. The highest BCUT2D eigenvalue weighted by Gasteiger charge is 2.36. The van der Waals surface area contributed by atoms with Crippen LogP contribution in [0.4, 0.5) is 10.5 Å². The first-order valence-electron chi connectivity index (χ1n) is 10.3. The van der Waals surface area contributed by atoms with Gasteiger partial charge in [0, 0.05) is 5.69 Å². The lowest BCUT2D eigenvalue weighted by Crippen LogP contribution is -2.34. The van der Waals surface area contributed by atoms with Crippen molar-refractivity contribution in [3.63, 3.8) is 0 Å². The monoisotopic (exact) mass is 482 g/mol. The van der Waals surface area contributed by atoms with Crippen LogP contribution in [0.25, 0.3) is 6.08 Å². The summed E-state index contributed by atoms with van der Waals surface area (Å²) in [6.45, 7) is 2.82. The summed E-state index contributed by atoms with van der Waals surface area (Å²) in [5.41, 5.74) is 2.44. The van der Waals surface area contributed by atoms with Crippen molar-refractivity contribution >= 4 is 52.5 Å². The van der Waals surface area contributed by atoms with Crippen molar-refractivity contribution < 1.29 is 33.4 Å². The van der Waals surface area contributed by atoms with Crippen molar-refractivity contribution in [1.82, 2.24) is 4.90 Å². The molecule has 0 unspecified atom stereocenters. The number of hydrogen-bond donors (Lipinski definition) is 1. The Bertz CT molecular complexity index is 1140. The Labute approximate surface area is 200 Å². The highest BCUT2D eigenvalue weighted by atomic mass is 32.2. The molecule has 3 rings (SSSR count). The van der Waals surface area contributed by atoms with E-state index in [0.717, 1.165) is 10.5 Å². The van der Waals surface area contributed by atoms with E-state index >= 15 is 0 Å². The molecule has 176 valence electrons. The fourth-order valence-corrected chi connectivity index (χ4v) is 3.73. The molecule has 34 heavy (non-hydrogen) atoms. The highest BCUT2D eigenvalue weighted by Crippen LogP contribution is 2.32. The van der Waals surface area contributed by atoms with Gasteiger partial charge >= 0.3 is 11.9 Å². The molecule has 2 aromatic carbocycles. The summed E-state index contributed by atoms with van der Waals surface area (Å²) in [4.78, 5) is 61.2. The number of thioether (sulfide) groups is 1. The highest BCUT2D eigenvalue weighted by molar-refractivity contribution is 8.18. The van der Waals surface area contributed by atoms with Gasteiger partial charge in [-0.3, -0.25) is 24.1 Å². The lowest BCUT2D eigenvalue weighted by atomic mass is 10.1. The van der Waals surface area contributed by atoms with Crippen LogP contribution in [-0.4, -0.2) is 53.7 Å². The lowest BCUT2D eigenvalue weighted by Gasteiger charge is -2.10. The number of imide groups is 1. The number of amides is 3. The van der Waals surface area contributed by atoms with E-state index in [4.69, 9.17) is 9.47 Å². The molecule has 0 spiro atoms. The third-order valence-corrected chi connectivity index (χ3v) is 5.49. The van der Waals surface area contributed by atoms with E-state index in [9.17, 15) is 24.0 Å². The van der Waals surface area contributed by atoms with E-state index < -0.39 is 42.1 Å². The maximum absolute atomic E-state index is 12.4. The summed E-state index contributed by atoms with van der Waals surface area (Å²) >= 11 is 0.715. The van der Waals surface area contributed by atoms with E-state index in [0.29, 0.717) is 23.0 Å². The Kier molecular flexibility index (Phi) is 8.20. The molecule has 1 N–H and O–H groups in total. The largest absolute Gasteiger partial charge is 0.465 e. The molecule has 1 aliphatic heterocycles. The third-order valence-electron chi connectivity index (χ3n) is 4.58. The second-order valence-corrected chi connectivity index (χ2v) is 8.18. The number of benzene rings is 2. The number of hydrogen-bond acceptors (Lipinski definition) is 8. The summed E-state index contributed by atoms with van der Waals surface area (Å²) < 4.78 is 9.82. The molecule has 2 aromatic rings. The van der Waals surface area contributed by atoms with Crippen LogP contribution in [0.2, 0.25) is 0 Å². The van der Waals surface area contributed by atoms with E-state index in [1.165, 1.54) is 18.2 Å². The summed E-state index contributed by atoms with van der Waals surface area (Å²) in [6.07, 6.45) is 1.49. The first kappa shape index (κ1) is 24.7. The number of anilines is 1. The van der Waals surface area contributed by atoms with E-state index in [2.05, 4.69) is 5.32 Å². The SMILES string of the molecule is CCOC(=O)CN1C(=O)S/C(=C\c2ccc(C(=O)OCC(=O)Nc3ccc(C)cc3)cc2)C1=O. The van der Waals surface area contributed by atoms with E-state index in [-0.39, 0.29) is 17.1 Å². The van der Waals surface area contributed by atoms with Gasteiger partial charge in [-0.2, -0.15) is 0 Å². The van der Waals surface area contributed by atoms with E-state index in [1.807, 2.05) is 19.1 Å². The second kappa shape index (κ2) is 11.3. The number of esters is 2. The molecule has 3 amide bonds. The fourth-order valence-electron chi connectivity index (χ4n) is 2.89. The second-order valence-electron chi connectivity index (χ2n) is 7.19. The van der Waals surface area contributed by atoms with Crippen LogP contribution in [0.1, 0.15) is 28.4 Å². The Hall–Kier alpha value is -3.92. The molecule has 0 bridgehead atoms. The molecule has 1 heterocycles. The number of carbonyl (C=O) groups is 5. The normalized spacial score (nSPS) is 14.3. The van der Waals surface area contributed by atoms with Gasteiger partial charge in [-0.05, 0) is 61.5 Å². The van der Waals surface area contributed by atoms with Crippen LogP contribution in [0.15, 0.2) is 53.4 Å². The molecular formula is C24H22N2O7S. The average molecular weight is 483 g/mol. The zero-order valence-corrected chi connectivity index (χ0v) is 19.3. The minimum atomic E-state index is -0.680. The summed E-state index contributed by atoms with van der Waals surface area (Å²) in [5.74, 6) is -2.40.